The van der Waals surface area contributed by atoms with Crippen LogP contribution in [0.2, 0.25) is 5.02 Å². The third-order valence-corrected chi connectivity index (χ3v) is 4.11. The average Bonchev–Trinajstić information content (AvgIpc) is 2.50. The van der Waals surface area contributed by atoms with Gasteiger partial charge in [-0.3, -0.25) is 9.59 Å². The standard InChI is InChI=1S/C17H21ClO4/c1-2-21-17(20)10-4-12-3-9-15(19)16(11-12)22-14-7-5-13(18)6-8-14/h5-8,12,16H,2-4,9-11H2,1H3. The summed E-state index contributed by atoms with van der Waals surface area (Å²) in [6.07, 6.45) is 2.69. The number of carbonyl (C=O) groups is 2. The van der Waals surface area contributed by atoms with E-state index in [1.165, 1.54) is 0 Å². The van der Waals surface area contributed by atoms with Gasteiger partial charge in [0.1, 0.15) is 5.75 Å². The molecular formula is C17H21ClO4. The Morgan fingerprint density at radius 2 is 2.05 bits per heavy atom. The average molecular weight is 325 g/mol. The van der Waals surface area contributed by atoms with Gasteiger partial charge in [-0.05, 0) is 56.4 Å². The van der Waals surface area contributed by atoms with E-state index in [4.69, 9.17) is 21.1 Å². The molecule has 0 bridgehead atoms. The third-order valence-electron chi connectivity index (χ3n) is 3.86. The summed E-state index contributed by atoms with van der Waals surface area (Å²) in [6, 6.07) is 7.00. The van der Waals surface area contributed by atoms with Crippen LogP contribution in [0.15, 0.2) is 24.3 Å². The summed E-state index contributed by atoms with van der Waals surface area (Å²) in [7, 11) is 0. The Hall–Kier alpha value is -1.55. The van der Waals surface area contributed by atoms with Crippen LogP contribution in [0.25, 0.3) is 0 Å². The van der Waals surface area contributed by atoms with Crippen LogP contribution < -0.4 is 4.74 Å². The van der Waals surface area contributed by atoms with Gasteiger partial charge in [-0.25, -0.2) is 0 Å². The molecule has 1 aliphatic carbocycles. The minimum Gasteiger partial charge on any atom is -0.483 e. The Kier molecular flexibility index (Phi) is 6.25. The summed E-state index contributed by atoms with van der Waals surface area (Å²) in [6.45, 7) is 2.21. The molecule has 0 heterocycles. The molecule has 1 aromatic rings. The van der Waals surface area contributed by atoms with Crippen molar-refractivity contribution in [3.63, 3.8) is 0 Å². The third kappa shape index (κ3) is 5.02. The molecule has 2 rings (SSSR count). The molecule has 0 spiro atoms. The van der Waals surface area contributed by atoms with Crippen LogP contribution in [0.4, 0.5) is 0 Å². The van der Waals surface area contributed by atoms with Crippen LogP contribution >= 0.6 is 11.6 Å². The number of ether oxygens (including phenoxy) is 2. The number of esters is 1. The lowest BCUT2D eigenvalue weighted by molar-refractivity contribution is -0.143. The summed E-state index contributed by atoms with van der Waals surface area (Å²) in [4.78, 5) is 23.4. The largest absolute Gasteiger partial charge is 0.483 e. The minimum absolute atomic E-state index is 0.127. The second-order valence-corrected chi connectivity index (χ2v) is 5.95. The Bertz CT molecular complexity index is 512. The highest BCUT2D eigenvalue weighted by molar-refractivity contribution is 6.30. The summed E-state index contributed by atoms with van der Waals surface area (Å²) in [5.74, 6) is 0.921. The van der Waals surface area contributed by atoms with E-state index < -0.39 is 6.10 Å². The molecule has 4 nitrogen and oxygen atoms in total. The number of halogens is 1. The topological polar surface area (TPSA) is 52.6 Å². The fraction of sp³-hybridized carbons (Fsp3) is 0.529. The Morgan fingerprint density at radius 3 is 2.73 bits per heavy atom. The first-order valence-corrected chi connectivity index (χ1v) is 8.07. The van der Waals surface area contributed by atoms with Gasteiger partial charge in [0.2, 0.25) is 0 Å². The number of ketones is 1. The van der Waals surface area contributed by atoms with Crippen LogP contribution in [-0.2, 0) is 14.3 Å². The lowest BCUT2D eigenvalue weighted by Crippen LogP contribution is -2.34. The maximum Gasteiger partial charge on any atom is 0.305 e. The summed E-state index contributed by atoms with van der Waals surface area (Å²) in [5.41, 5.74) is 0. The molecule has 1 fully saturated rings. The van der Waals surface area contributed by atoms with E-state index in [-0.39, 0.29) is 11.8 Å². The van der Waals surface area contributed by atoms with Crippen LogP contribution in [0.5, 0.6) is 5.75 Å². The van der Waals surface area contributed by atoms with Crippen molar-refractivity contribution in [2.45, 2.75) is 45.1 Å². The smallest absolute Gasteiger partial charge is 0.305 e. The molecule has 1 aromatic carbocycles. The van der Waals surface area contributed by atoms with E-state index in [1.807, 2.05) is 0 Å². The zero-order valence-corrected chi connectivity index (χ0v) is 13.5. The molecule has 2 atom stereocenters. The van der Waals surface area contributed by atoms with Crippen molar-refractivity contribution in [2.24, 2.45) is 5.92 Å². The van der Waals surface area contributed by atoms with Gasteiger partial charge in [0.15, 0.2) is 11.9 Å². The van der Waals surface area contributed by atoms with Crippen molar-refractivity contribution in [2.75, 3.05) is 6.61 Å². The van der Waals surface area contributed by atoms with Gasteiger partial charge in [0.05, 0.1) is 6.61 Å². The van der Waals surface area contributed by atoms with Gasteiger partial charge in [-0.15, -0.1) is 0 Å². The van der Waals surface area contributed by atoms with Gasteiger partial charge in [0, 0.05) is 17.9 Å². The Morgan fingerprint density at radius 1 is 1.32 bits per heavy atom. The molecule has 1 aliphatic rings. The molecule has 0 aromatic heterocycles. The van der Waals surface area contributed by atoms with Gasteiger partial charge >= 0.3 is 5.97 Å². The number of hydrogen-bond donors (Lipinski definition) is 0. The highest BCUT2D eigenvalue weighted by Crippen LogP contribution is 2.29. The number of Topliss-reactive ketones (excluding diaryl/α,β-unsaturated/α-hetero) is 1. The number of carbonyl (C=O) groups excluding carboxylic acids is 2. The van der Waals surface area contributed by atoms with Gasteiger partial charge in [0.25, 0.3) is 0 Å². The summed E-state index contributed by atoms with van der Waals surface area (Å²) in [5, 5.41) is 0.634. The zero-order chi connectivity index (χ0) is 15.9. The molecule has 0 saturated heterocycles. The van der Waals surface area contributed by atoms with E-state index in [1.54, 1.807) is 31.2 Å². The number of hydrogen-bond acceptors (Lipinski definition) is 4. The van der Waals surface area contributed by atoms with Crippen LogP contribution in [-0.4, -0.2) is 24.5 Å². The molecule has 0 aliphatic heterocycles. The predicted molar refractivity (Wildman–Crippen MR) is 84.1 cm³/mol. The molecule has 22 heavy (non-hydrogen) atoms. The monoisotopic (exact) mass is 324 g/mol. The van der Waals surface area contributed by atoms with E-state index in [2.05, 4.69) is 0 Å². The molecule has 120 valence electrons. The fourth-order valence-corrected chi connectivity index (χ4v) is 2.79. The number of benzene rings is 1. The predicted octanol–water partition coefficient (Wildman–Crippen LogP) is 3.80. The van der Waals surface area contributed by atoms with Crippen molar-refractivity contribution in [3.05, 3.63) is 29.3 Å². The van der Waals surface area contributed by atoms with E-state index >= 15 is 0 Å². The highest BCUT2D eigenvalue weighted by Gasteiger charge is 2.30. The van der Waals surface area contributed by atoms with Gasteiger partial charge in [-0.1, -0.05) is 11.6 Å². The van der Waals surface area contributed by atoms with Crippen molar-refractivity contribution in [3.8, 4) is 5.75 Å². The Balaban J connectivity index is 1.86. The molecule has 0 amide bonds. The molecular weight excluding hydrogens is 304 g/mol. The lowest BCUT2D eigenvalue weighted by Gasteiger charge is -2.28. The normalized spacial score (nSPS) is 21.5. The molecule has 0 radical (unpaired) electrons. The number of rotatable bonds is 6. The Labute approximate surface area is 135 Å². The van der Waals surface area contributed by atoms with Crippen LogP contribution in [0.1, 0.15) is 39.0 Å². The van der Waals surface area contributed by atoms with Crippen molar-refractivity contribution < 1.29 is 19.1 Å². The van der Waals surface area contributed by atoms with Crippen LogP contribution in [0.3, 0.4) is 0 Å². The van der Waals surface area contributed by atoms with E-state index in [9.17, 15) is 9.59 Å². The maximum atomic E-state index is 12.0. The lowest BCUT2D eigenvalue weighted by atomic mass is 9.83. The summed E-state index contributed by atoms with van der Waals surface area (Å²) >= 11 is 5.84. The first-order valence-electron chi connectivity index (χ1n) is 7.69. The maximum absolute atomic E-state index is 12.0. The van der Waals surface area contributed by atoms with E-state index in [0.29, 0.717) is 42.6 Å². The quantitative estimate of drug-likeness (QED) is 0.747. The second kappa shape index (κ2) is 8.18. The zero-order valence-electron chi connectivity index (χ0n) is 12.7. The van der Waals surface area contributed by atoms with Gasteiger partial charge < -0.3 is 9.47 Å². The van der Waals surface area contributed by atoms with Gasteiger partial charge in [-0.2, -0.15) is 0 Å². The molecule has 5 heteroatoms. The van der Waals surface area contributed by atoms with Crippen LogP contribution in [0, 0.1) is 5.92 Å². The SMILES string of the molecule is CCOC(=O)CCC1CCC(=O)C(Oc2ccc(Cl)cc2)C1. The van der Waals surface area contributed by atoms with Crippen molar-refractivity contribution in [1.82, 2.24) is 0 Å². The van der Waals surface area contributed by atoms with Crippen molar-refractivity contribution in [1.29, 1.82) is 0 Å². The summed E-state index contributed by atoms with van der Waals surface area (Å²) < 4.78 is 10.7. The first-order chi connectivity index (χ1) is 10.6. The fourth-order valence-electron chi connectivity index (χ4n) is 2.67. The second-order valence-electron chi connectivity index (χ2n) is 5.51. The van der Waals surface area contributed by atoms with E-state index in [0.717, 1.165) is 12.8 Å². The van der Waals surface area contributed by atoms with Crippen molar-refractivity contribution >= 4 is 23.4 Å². The molecule has 0 N–H and O–H groups in total. The minimum atomic E-state index is -0.429. The molecule has 2 unspecified atom stereocenters. The first kappa shape index (κ1) is 16.8. The molecule has 1 saturated carbocycles. The highest BCUT2D eigenvalue weighted by atomic mass is 35.5.